The van der Waals surface area contributed by atoms with Gasteiger partial charge in [0.1, 0.15) is 12.7 Å². The van der Waals surface area contributed by atoms with Crippen molar-refractivity contribution in [3.8, 4) is 11.5 Å². The number of carbonyl (C=O) groups is 1. The third kappa shape index (κ3) is 4.94. The highest BCUT2D eigenvalue weighted by Gasteiger charge is 2.24. The third-order valence-electron chi connectivity index (χ3n) is 5.33. The Hall–Kier alpha value is -2.58. The molecule has 4 rings (SSSR count). The highest BCUT2D eigenvalue weighted by Crippen LogP contribution is 2.30. The van der Waals surface area contributed by atoms with Crippen molar-refractivity contribution in [2.24, 2.45) is 0 Å². The van der Waals surface area contributed by atoms with Gasteiger partial charge in [-0.3, -0.25) is 4.79 Å². The van der Waals surface area contributed by atoms with Gasteiger partial charge in [-0.15, -0.1) is 0 Å². The van der Waals surface area contributed by atoms with Crippen LogP contribution in [-0.4, -0.2) is 51.0 Å². The summed E-state index contributed by atoms with van der Waals surface area (Å²) in [5, 5.41) is 2.85. The van der Waals surface area contributed by atoms with Crippen LogP contribution < -0.4 is 14.8 Å². The van der Waals surface area contributed by atoms with Crippen LogP contribution in [0.25, 0.3) is 0 Å². The number of ether oxygens (including phenoxy) is 2. The fourth-order valence-corrected chi connectivity index (χ4v) is 5.28. The van der Waals surface area contributed by atoms with E-state index in [1.54, 1.807) is 28.6 Å². The molecule has 0 aliphatic carbocycles. The Morgan fingerprint density at radius 3 is 2.43 bits per heavy atom. The molecule has 0 saturated carbocycles. The number of nitrogens with zero attached hydrogens (tertiary/aromatic N) is 1. The Morgan fingerprint density at radius 1 is 1.00 bits per heavy atom. The average molecular weight is 431 g/mol. The summed E-state index contributed by atoms with van der Waals surface area (Å²) in [4.78, 5) is 12.4. The quantitative estimate of drug-likeness (QED) is 0.761. The van der Waals surface area contributed by atoms with Gasteiger partial charge in [0, 0.05) is 18.7 Å². The molecule has 160 valence electrons. The van der Waals surface area contributed by atoms with Crippen LogP contribution in [0.3, 0.4) is 0 Å². The first kappa shape index (κ1) is 20.7. The lowest BCUT2D eigenvalue weighted by Crippen LogP contribution is -2.40. The molecule has 2 aliphatic heterocycles. The number of hydrogen-bond donors (Lipinski definition) is 1. The van der Waals surface area contributed by atoms with Gasteiger partial charge in [0.2, 0.25) is 10.0 Å². The number of carbonyl (C=O) groups excluding carboxylic acids is 1. The van der Waals surface area contributed by atoms with Gasteiger partial charge in [-0.05, 0) is 42.7 Å². The normalized spacial score (nSPS) is 19.3. The lowest BCUT2D eigenvalue weighted by atomic mass is 10.1. The number of piperidine rings is 1. The Morgan fingerprint density at radius 2 is 1.70 bits per heavy atom. The molecule has 2 aromatic rings. The van der Waals surface area contributed by atoms with Crippen molar-refractivity contribution in [3.05, 3.63) is 59.7 Å². The third-order valence-corrected chi connectivity index (χ3v) is 7.18. The van der Waals surface area contributed by atoms with E-state index in [9.17, 15) is 13.2 Å². The van der Waals surface area contributed by atoms with E-state index in [-0.39, 0.29) is 17.8 Å². The lowest BCUT2D eigenvalue weighted by Gasteiger charge is -2.26. The van der Waals surface area contributed by atoms with E-state index in [2.05, 4.69) is 5.32 Å². The molecular formula is C22H26N2O5S. The zero-order chi connectivity index (χ0) is 21.0. The Kier molecular flexibility index (Phi) is 6.24. The van der Waals surface area contributed by atoms with Crippen LogP contribution in [0.15, 0.2) is 48.5 Å². The largest absolute Gasteiger partial charge is 0.486 e. The molecular weight excluding hydrogens is 404 g/mol. The van der Waals surface area contributed by atoms with Crippen LogP contribution in [-0.2, 0) is 15.8 Å². The van der Waals surface area contributed by atoms with Crippen molar-refractivity contribution in [2.45, 2.75) is 31.1 Å². The summed E-state index contributed by atoms with van der Waals surface area (Å²) in [6.45, 7) is 1.88. The van der Waals surface area contributed by atoms with E-state index in [1.165, 1.54) is 0 Å². The topological polar surface area (TPSA) is 84.9 Å². The zero-order valence-electron chi connectivity index (χ0n) is 16.7. The van der Waals surface area contributed by atoms with Gasteiger partial charge in [0.15, 0.2) is 11.5 Å². The fraction of sp³-hybridized carbons (Fsp3) is 0.409. The van der Waals surface area contributed by atoms with Gasteiger partial charge >= 0.3 is 0 Å². The standard InChI is InChI=1S/C22H26N2O5S/c25-22(23-14-19-15-28-20-6-2-3-7-21(20)29-19)18-10-8-17(9-11-18)16-30(26,27)24-12-4-1-5-13-24/h2-3,6-11,19H,1,4-5,12-16H2,(H,23,25). The van der Waals surface area contributed by atoms with Crippen LogP contribution in [0.2, 0.25) is 0 Å². The molecule has 1 saturated heterocycles. The maximum absolute atomic E-state index is 12.6. The van der Waals surface area contributed by atoms with E-state index < -0.39 is 10.0 Å². The number of fused-ring (bicyclic) bond motifs is 1. The molecule has 8 heteroatoms. The molecule has 2 aliphatic rings. The number of para-hydroxylation sites is 2. The molecule has 7 nitrogen and oxygen atoms in total. The summed E-state index contributed by atoms with van der Waals surface area (Å²) in [6, 6.07) is 14.1. The summed E-state index contributed by atoms with van der Waals surface area (Å²) in [7, 11) is -3.32. The second kappa shape index (κ2) is 9.06. The SMILES string of the molecule is O=C(NCC1COc2ccccc2O1)c1ccc(CS(=O)(=O)N2CCCCC2)cc1. The Labute approximate surface area is 177 Å². The lowest BCUT2D eigenvalue weighted by molar-refractivity contribution is 0.0789. The van der Waals surface area contributed by atoms with Gasteiger partial charge in [-0.1, -0.05) is 30.7 Å². The molecule has 2 heterocycles. The molecule has 1 amide bonds. The van der Waals surface area contributed by atoms with Gasteiger partial charge in [0.05, 0.1) is 12.3 Å². The Balaban J connectivity index is 1.30. The van der Waals surface area contributed by atoms with Crippen LogP contribution in [0.4, 0.5) is 0 Å². The molecule has 2 aromatic carbocycles. The molecule has 0 bridgehead atoms. The number of benzene rings is 2. The van der Waals surface area contributed by atoms with E-state index in [0.717, 1.165) is 19.3 Å². The second-order valence-electron chi connectivity index (χ2n) is 7.62. The number of nitrogens with one attached hydrogen (secondary N) is 1. The molecule has 0 spiro atoms. The number of sulfonamides is 1. The number of rotatable bonds is 6. The van der Waals surface area contributed by atoms with Gasteiger partial charge in [-0.25, -0.2) is 12.7 Å². The van der Waals surface area contributed by atoms with E-state index in [1.807, 2.05) is 24.3 Å². The maximum Gasteiger partial charge on any atom is 0.251 e. The summed E-state index contributed by atoms with van der Waals surface area (Å²) >= 11 is 0. The predicted molar refractivity (Wildman–Crippen MR) is 113 cm³/mol. The minimum atomic E-state index is -3.32. The van der Waals surface area contributed by atoms with Crippen molar-refractivity contribution in [2.75, 3.05) is 26.2 Å². The highest BCUT2D eigenvalue weighted by molar-refractivity contribution is 7.88. The second-order valence-corrected chi connectivity index (χ2v) is 9.59. The summed E-state index contributed by atoms with van der Waals surface area (Å²) in [5.74, 6) is 1.10. The number of amides is 1. The fourth-order valence-electron chi connectivity index (χ4n) is 3.67. The summed E-state index contributed by atoms with van der Waals surface area (Å²) in [6.07, 6.45) is 2.65. The van der Waals surface area contributed by atoms with Crippen molar-refractivity contribution in [1.82, 2.24) is 9.62 Å². The minimum Gasteiger partial charge on any atom is -0.486 e. The summed E-state index contributed by atoms with van der Waals surface area (Å²) < 4.78 is 38.2. The minimum absolute atomic E-state index is 0.0401. The molecule has 0 aromatic heterocycles. The first-order chi connectivity index (χ1) is 14.5. The molecule has 0 radical (unpaired) electrons. The smallest absolute Gasteiger partial charge is 0.251 e. The van der Waals surface area contributed by atoms with Crippen molar-refractivity contribution in [3.63, 3.8) is 0 Å². The van der Waals surface area contributed by atoms with E-state index in [0.29, 0.717) is 48.9 Å². The molecule has 30 heavy (non-hydrogen) atoms. The highest BCUT2D eigenvalue weighted by atomic mass is 32.2. The van der Waals surface area contributed by atoms with Gasteiger partial charge in [-0.2, -0.15) is 0 Å². The molecule has 1 N–H and O–H groups in total. The van der Waals surface area contributed by atoms with Crippen LogP contribution in [0.1, 0.15) is 35.2 Å². The van der Waals surface area contributed by atoms with E-state index >= 15 is 0 Å². The maximum atomic E-state index is 12.6. The Bertz CT molecular complexity index is 985. The number of hydrogen-bond acceptors (Lipinski definition) is 5. The van der Waals surface area contributed by atoms with Crippen LogP contribution >= 0.6 is 0 Å². The molecule has 1 atom stereocenters. The van der Waals surface area contributed by atoms with Crippen molar-refractivity contribution < 1.29 is 22.7 Å². The van der Waals surface area contributed by atoms with Crippen LogP contribution in [0, 0.1) is 0 Å². The first-order valence-electron chi connectivity index (χ1n) is 10.2. The van der Waals surface area contributed by atoms with Gasteiger partial charge in [0.25, 0.3) is 5.91 Å². The van der Waals surface area contributed by atoms with Crippen molar-refractivity contribution >= 4 is 15.9 Å². The molecule has 1 unspecified atom stereocenters. The molecule has 1 fully saturated rings. The van der Waals surface area contributed by atoms with Crippen LogP contribution in [0.5, 0.6) is 11.5 Å². The van der Waals surface area contributed by atoms with Crippen molar-refractivity contribution in [1.29, 1.82) is 0 Å². The van der Waals surface area contributed by atoms with Gasteiger partial charge < -0.3 is 14.8 Å². The summed E-state index contributed by atoms with van der Waals surface area (Å²) in [5.41, 5.74) is 1.16. The average Bonchev–Trinajstić information content (AvgIpc) is 2.78. The zero-order valence-corrected chi connectivity index (χ0v) is 17.6. The van der Waals surface area contributed by atoms with E-state index in [4.69, 9.17) is 9.47 Å². The monoisotopic (exact) mass is 430 g/mol. The first-order valence-corrected chi connectivity index (χ1v) is 11.9. The predicted octanol–water partition coefficient (Wildman–Crippen LogP) is 2.57.